The lowest BCUT2D eigenvalue weighted by Gasteiger charge is -2.37. The summed E-state index contributed by atoms with van der Waals surface area (Å²) in [5, 5.41) is 2.93. The van der Waals surface area contributed by atoms with Crippen LogP contribution in [-0.4, -0.2) is 24.5 Å². The number of hydrogen-bond donors (Lipinski definition) is 2. The van der Waals surface area contributed by atoms with E-state index in [4.69, 9.17) is 5.73 Å². The van der Waals surface area contributed by atoms with Gasteiger partial charge in [0.1, 0.15) is 0 Å². The molecule has 1 aromatic carbocycles. The molecule has 6 heteroatoms. The van der Waals surface area contributed by atoms with Crippen LogP contribution < -0.4 is 16.0 Å². The zero-order valence-electron chi connectivity index (χ0n) is 14.4. The summed E-state index contributed by atoms with van der Waals surface area (Å²) in [4.78, 5) is 14.6. The number of nitrogens with zero attached hydrogens (tertiary/aromatic N) is 1. The van der Waals surface area contributed by atoms with Crippen LogP contribution in [-0.2, 0) is 4.79 Å². The van der Waals surface area contributed by atoms with Gasteiger partial charge >= 0.3 is 0 Å². The topological polar surface area (TPSA) is 58.4 Å². The van der Waals surface area contributed by atoms with Gasteiger partial charge in [0.05, 0.1) is 12.1 Å². The van der Waals surface area contributed by atoms with Crippen LogP contribution in [0.5, 0.6) is 0 Å². The first kappa shape index (κ1) is 17.1. The Kier molecular flexibility index (Phi) is 4.28. The highest BCUT2D eigenvalue weighted by molar-refractivity contribution is 5.83. The minimum absolute atomic E-state index is 0.261. The predicted molar refractivity (Wildman–Crippen MR) is 89.7 cm³/mol. The molecule has 1 aromatic rings. The lowest BCUT2D eigenvalue weighted by atomic mass is 9.86. The summed E-state index contributed by atoms with van der Waals surface area (Å²) >= 11 is 0. The number of amides is 1. The van der Waals surface area contributed by atoms with Crippen molar-refractivity contribution in [3.63, 3.8) is 0 Å². The van der Waals surface area contributed by atoms with Crippen LogP contribution in [0.25, 0.3) is 0 Å². The predicted octanol–water partition coefficient (Wildman–Crippen LogP) is 2.87. The maximum absolute atomic E-state index is 13.8. The second kappa shape index (κ2) is 5.99. The highest BCUT2D eigenvalue weighted by Gasteiger charge is 2.37. The minimum Gasteiger partial charge on any atom is -0.368 e. The Morgan fingerprint density at radius 3 is 2.46 bits per heavy atom. The van der Waals surface area contributed by atoms with Crippen LogP contribution >= 0.6 is 0 Å². The average molecular weight is 337 g/mol. The molecule has 1 heterocycles. The van der Waals surface area contributed by atoms with Crippen molar-refractivity contribution in [1.82, 2.24) is 5.32 Å². The average Bonchev–Trinajstić information content (AvgIpc) is 3.32. The largest absolute Gasteiger partial charge is 0.368 e. The van der Waals surface area contributed by atoms with Crippen LogP contribution in [0.15, 0.2) is 12.1 Å². The number of benzene rings is 1. The Bertz CT molecular complexity index is 652. The van der Waals surface area contributed by atoms with Crippen LogP contribution in [0.4, 0.5) is 14.5 Å². The fourth-order valence-electron chi connectivity index (χ4n) is 3.19. The number of rotatable bonds is 3. The molecule has 2 atom stereocenters. The van der Waals surface area contributed by atoms with Gasteiger partial charge in [0.15, 0.2) is 11.6 Å². The van der Waals surface area contributed by atoms with E-state index in [1.807, 2.05) is 20.8 Å². The van der Waals surface area contributed by atoms with Crippen molar-refractivity contribution in [2.75, 3.05) is 11.4 Å². The monoisotopic (exact) mass is 337 g/mol. The molecule has 1 aliphatic carbocycles. The van der Waals surface area contributed by atoms with Crippen molar-refractivity contribution < 1.29 is 13.6 Å². The summed E-state index contributed by atoms with van der Waals surface area (Å²) in [6, 6.07) is 1.87. The molecule has 2 aliphatic rings. The molecule has 1 saturated carbocycles. The van der Waals surface area contributed by atoms with Gasteiger partial charge in [-0.1, -0.05) is 20.8 Å². The zero-order chi connectivity index (χ0) is 17.6. The van der Waals surface area contributed by atoms with Crippen molar-refractivity contribution in [2.45, 2.75) is 58.2 Å². The molecule has 0 aromatic heterocycles. The SMILES string of the molecule is CC(C)(C)[C@H](N)C(=O)NC1CCN(C2CC2)c2cc(F)c(F)cc21. The van der Waals surface area contributed by atoms with E-state index < -0.39 is 17.7 Å². The smallest absolute Gasteiger partial charge is 0.237 e. The van der Waals surface area contributed by atoms with E-state index >= 15 is 0 Å². The molecule has 0 radical (unpaired) electrons. The zero-order valence-corrected chi connectivity index (χ0v) is 14.4. The number of carbonyl (C=O) groups is 1. The van der Waals surface area contributed by atoms with Gasteiger partial charge in [-0.15, -0.1) is 0 Å². The Labute approximate surface area is 141 Å². The number of fused-ring (bicyclic) bond motifs is 1. The first-order chi connectivity index (χ1) is 11.2. The lowest BCUT2D eigenvalue weighted by molar-refractivity contribution is -0.125. The normalized spacial score (nSPS) is 22.1. The maximum atomic E-state index is 13.8. The summed E-state index contributed by atoms with van der Waals surface area (Å²) in [5.74, 6) is -1.99. The number of nitrogens with one attached hydrogen (secondary N) is 1. The van der Waals surface area contributed by atoms with E-state index in [9.17, 15) is 13.6 Å². The molecule has 0 spiro atoms. The summed E-state index contributed by atoms with van der Waals surface area (Å²) < 4.78 is 27.5. The van der Waals surface area contributed by atoms with E-state index in [0.29, 0.717) is 23.7 Å². The summed E-state index contributed by atoms with van der Waals surface area (Å²) in [6.45, 7) is 6.42. The molecule has 132 valence electrons. The van der Waals surface area contributed by atoms with E-state index in [2.05, 4.69) is 10.2 Å². The third kappa shape index (κ3) is 3.24. The number of carbonyl (C=O) groups excluding carboxylic acids is 1. The van der Waals surface area contributed by atoms with E-state index in [1.165, 1.54) is 12.1 Å². The van der Waals surface area contributed by atoms with Gasteiger partial charge in [-0.05, 0) is 30.7 Å². The maximum Gasteiger partial charge on any atom is 0.237 e. The quantitative estimate of drug-likeness (QED) is 0.892. The minimum atomic E-state index is -0.884. The first-order valence-electron chi connectivity index (χ1n) is 8.50. The Hall–Kier alpha value is -1.69. The highest BCUT2D eigenvalue weighted by atomic mass is 19.2. The molecule has 1 amide bonds. The van der Waals surface area contributed by atoms with Crippen molar-refractivity contribution in [1.29, 1.82) is 0 Å². The van der Waals surface area contributed by atoms with E-state index in [0.717, 1.165) is 19.4 Å². The number of halogens is 2. The van der Waals surface area contributed by atoms with Gasteiger partial charge in [0, 0.05) is 29.9 Å². The van der Waals surface area contributed by atoms with Crippen molar-refractivity contribution >= 4 is 11.6 Å². The molecule has 1 unspecified atom stereocenters. The Morgan fingerprint density at radius 1 is 1.25 bits per heavy atom. The molecule has 24 heavy (non-hydrogen) atoms. The first-order valence-corrected chi connectivity index (χ1v) is 8.50. The standard InChI is InChI=1S/C18H25F2N3O/c1-18(2,3)16(21)17(24)22-14-6-7-23(10-4-5-10)15-9-13(20)12(19)8-11(14)15/h8-10,14,16H,4-7,21H2,1-3H3,(H,22,24)/t14?,16-/m1/s1. The van der Waals surface area contributed by atoms with Gasteiger partial charge in [-0.3, -0.25) is 4.79 Å². The summed E-state index contributed by atoms with van der Waals surface area (Å²) in [7, 11) is 0. The van der Waals surface area contributed by atoms with Gasteiger partial charge < -0.3 is 16.0 Å². The van der Waals surface area contributed by atoms with Crippen LogP contribution in [0, 0.1) is 17.0 Å². The molecule has 4 nitrogen and oxygen atoms in total. The van der Waals surface area contributed by atoms with E-state index in [1.54, 1.807) is 0 Å². The summed E-state index contributed by atoms with van der Waals surface area (Å²) in [6.07, 6.45) is 2.81. The molecule has 0 bridgehead atoms. The Balaban J connectivity index is 1.87. The van der Waals surface area contributed by atoms with E-state index in [-0.39, 0.29) is 17.4 Å². The van der Waals surface area contributed by atoms with Crippen molar-refractivity contribution in [3.8, 4) is 0 Å². The molecule has 3 rings (SSSR count). The molecule has 1 aliphatic heterocycles. The third-order valence-corrected chi connectivity index (χ3v) is 4.93. The van der Waals surface area contributed by atoms with Gasteiger partial charge in [0.25, 0.3) is 0 Å². The van der Waals surface area contributed by atoms with Crippen LogP contribution in [0.1, 0.15) is 51.6 Å². The highest BCUT2D eigenvalue weighted by Crippen LogP contribution is 2.41. The molecule has 0 saturated heterocycles. The number of nitrogens with two attached hydrogens (primary N) is 1. The van der Waals surface area contributed by atoms with Gasteiger partial charge in [-0.25, -0.2) is 8.78 Å². The van der Waals surface area contributed by atoms with Crippen molar-refractivity contribution in [3.05, 3.63) is 29.3 Å². The number of hydrogen-bond acceptors (Lipinski definition) is 3. The summed E-state index contributed by atoms with van der Waals surface area (Å²) in [5.41, 5.74) is 6.98. The second-order valence-electron chi connectivity index (χ2n) is 7.94. The molecular weight excluding hydrogens is 312 g/mol. The fourth-order valence-corrected chi connectivity index (χ4v) is 3.19. The second-order valence-corrected chi connectivity index (χ2v) is 7.94. The fraction of sp³-hybridized carbons (Fsp3) is 0.611. The lowest BCUT2D eigenvalue weighted by Crippen LogP contribution is -2.50. The third-order valence-electron chi connectivity index (χ3n) is 4.93. The molecule has 1 fully saturated rings. The van der Waals surface area contributed by atoms with Gasteiger partial charge in [0.2, 0.25) is 5.91 Å². The van der Waals surface area contributed by atoms with Gasteiger partial charge in [-0.2, -0.15) is 0 Å². The Morgan fingerprint density at radius 2 is 1.88 bits per heavy atom. The van der Waals surface area contributed by atoms with Crippen LogP contribution in [0.3, 0.4) is 0 Å². The number of anilines is 1. The van der Waals surface area contributed by atoms with Crippen molar-refractivity contribution in [2.24, 2.45) is 11.1 Å². The molecule has 3 N–H and O–H groups in total. The van der Waals surface area contributed by atoms with Crippen LogP contribution in [0.2, 0.25) is 0 Å². The molecular formula is C18H25F2N3O.